The van der Waals surface area contributed by atoms with Crippen LogP contribution < -0.4 is 20.9 Å². The Morgan fingerprint density at radius 1 is 1.12 bits per heavy atom. The van der Waals surface area contributed by atoms with Crippen molar-refractivity contribution in [3.8, 4) is 5.75 Å². The highest BCUT2D eigenvalue weighted by Crippen LogP contribution is 2.32. The van der Waals surface area contributed by atoms with Gasteiger partial charge in [-0.25, -0.2) is 4.79 Å². The summed E-state index contributed by atoms with van der Waals surface area (Å²) >= 11 is 7.52. The molecule has 0 atom stereocenters. The van der Waals surface area contributed by atoms with Crippen LogP contribution in [-0.2, 0) is 17.9 Å². The van der Waals surface area contributed by atoms with Crippen LogP contribution in [0.1, 0.15) is 11.1 Å². The van der Waals surface area contributed by atoms with Crippen molar-refractivity contribution in [2.45, 2.75) is 20.0 Å². The molecular formula is C24H20ClN3O4S. The summed E-state index contributed by atoms with van der Waals surface area (Å²) in [6.07, 6.45) is 0. The Morgan fingerprint density at radius 3 is 2.76 bits per heavy atom. The van der Waals surface area contributed by atoms with E-state index < -0.39 is 5.69 Å². The highest BCUT2D eigenvalue weighted by molar-refractivity contribution is 7.17. The molecule has 33 heavy (non-hydrogen) atoms. The fourth-order valence-electron chi connectivity index (χ4n) is 4.03. The van der Waals surface area contributed by atoms with Crippen LogP contribution in [0.15, 0.2) is 63.5 Å². The predicted molar refractivity (Wildman–Crippen MR) is 130 cm³/mol. The number of hydrogen-bond acceptors (Lipinski definition) is 5. The number of carbonyl (C=O) groups is 1. The second-order valence-electron chi connectivity index (χ2n) is 7.85. The zero-order chi connectivity index (χ0) is 23.1. The van der Waals surface area contributed by atoms with Crippen LogP contribution in [0.5, 0.6) is 5.75 Å². The third kappa shape index (κ3) is 3.85. The zero-order valence-corrected chi connectivity index (χ0v) is 19.4. The van der Waals surface area contributed by atoms with E-state index in [0.29, 0.717) is 45.4 Å². The van der Waals surface area contributed by atoms with Gasteiger partial charge in [0, 0.05) is 5.02 Å². The van der Waals surface area contributed by atoms with Gasteiger partial charge in [-0.2, -0.15) is 0 Å². The molecule has 0 bridgehead atoms. The van der Waals surface area contributed by atoms with E-state index in [2.05, 4.69) is 0 Å². The van der Waals surface area contributed by atoms with E-state index in [1.54, 1.807) is 40.6 Å². The van der Waals surface area contributed by atoms with E-state index in [9.17, 15) is 14.4 Å². The molecule has 0 saturated heterocycles. The average molecular weight is 482 g/mol. The van der Waals surface area contributed by atoms with Gasteiger partial charge in [0.25, 0.3) is 5.56 Å². The second-order valence-corrected chi connectivity index (χ2v) is 9.17. The van der Waals surface area contributed by atoms with Crippen LogP contribution in [0.4, 0.5) is 5.69 Å². The molecule has 7 nitrogen and oxygen atoms in total. The fraction of sp³-hybridized carbons (Fsp3) is 0.208. The number of hydrogen-bond donors (Lipinski definition) is 0. The van der Waals surface area contributed by atoms with Gasteiger partial charge in [-0.1, -0.05) is 35.9 Å². The third-order valence-corrected chi connectivity index (χ3v) is 6.96. The Morgan fingerprint density at radius 2 is 1.94 bits per heavy atom. The molecule has 2 aromatic carbocycles. The minimum Gasteiger partial charge on any atom is -0.490 e. The molecule has 5 rings (SSSR count). The van der Waals surface area contributed by atoms with Gasteiger partial charge in [-0.05, 0) is 47.7 Å². The molecule has 4 aromatic rings. The molecule has 168 valence electrons. The van der Waals surface area contributed by atoms with E-state index >= 15 is 0 Å². The van der Waals surface area contributed by atoms with Crippen LogP contribution in [0, 0.1) is 6.92 Å². The lowest BCUT2D eigenvalue weighted by molar-refractivity contribution is -0.119. The van der Waals surface area contributed by atoms with E-state index in [1.165, 1.54) is 15.9 Å². The molecule has 0 N–H and O–H groups in total. The quantitative estimate of drug-likeness (QED) is 0.446. The normalized spacial score (nSPS) is 13.1. The van der Waals surface area contributed by atoms with Gasteiger partial charge in [0.05, 0.1) is 24.3 Å². The first-order chi connectivity index (χ1) is 15.9. The van der Waals surface area contributed by atoms with Crippen molar-refractivity contribution in [1.29, 1.82) is 0 Å². The number of nitrogens with zero attached hydrogens (tertiary/aromatic N) is 3. The maximum absolute atomic E-state index is 13.4. The summed E-state index contributed by atoms with van der Waals surface area (Å²) in [5.74, 6) is 0.389. The molecule has 9 heteroatoms. The number of rotatable bonds is 4. The number of ether oxygens (including phenoxy) is 1. The van der Waals surface area contributed by atoms with Crippen LogP contribution >= 0.6 is 22.9 Å². The first-order valence-electron chi connectivity index (χ1n) is 10.4. The predicted octanol–water partition coefficient (Wildman–Crippen LogP) is 3.66. The number of benzene rings is 2. The number of aromatic nitrogens is 2. The Balaban J connectivity index is 1.57. The minimum absolute atomic E-state index is 0.0267. The summed E-state index contributed by atoms with van der Waals surface area (Å²) in [5, 5.41) is 2.22. The first kappa shape index (κ1) is 21.5. The van der Waals surface area contributed by atoms with Crippen LogP contribution in [-0.4, -0.2) is 28.2 Å². The van der Waals surface area contributed by atoms with Crippen LogP contribution in [0.25, 0.3) is 10.2 Å². The molecule has 0 radical (unpaired) electrons. The summed E-state index contributed by atoms with van der Waals surface area (Å²) < 4.78 is 8.62. The van der Waals surface area contributed by atoms with E-state index in [-0.39, 0.29) is 24.6 Å². The highest BCUT2D eigenvalue weighted by atomic mass is 35.5. The number of fused-ring (bicyclic) bond motifs is 2. The average Bonchev–Trinajstić information content (AvgIpc) is 3.30. The lowest BCUT2D eigenvalue weighted by atomic mass is 10.1. The number of carbonyl (C=O) groups excluding carboxylic acids is 1. The van der Waals surface area contributed by atoms with Gasteiger partial charge in [-0.3, -0.25) is 18.7 Å². The molecule has 0 fully saturated rings. The topological polar surface area (TPSA) is 73.5 Å². The molecule has 0 saturated carbocycles. The standard InChI is InChI=1S/C24H20ClN3O4S/c1-15-6-7-20-19(12-15)26(9-10-32-20)21(29)14-27-18-8-11-33-22(18)23(30)28(24(27)31)13-16-4-2-3-5-17(16)25/h2-8,11-12H,9-10,13-14H2,1H3. The van der Waals surface area contributed by atoms with Gasteiger partial charge in [-0.15, -0.1) is 11.3 Å². The van der Waals surface area contributed by atoms with E-state index in [0.717, 1.165) is 10.1 Å². The smallest absolute Gasteiger partial charge is 0.332 e. The Bertz CT molecular complexity index is 1500. The van der Waals surface area contributed by atoms with Crippen LogP contribution in [0.3, 0.4) is 0 Å². The monoisotopic (exact) mass is 481 g/mol. The van der Waals surface area contributed by atoms with Gasteiger partial charge in [0.15, 0.2) is 0 Å². The molecule has 3 heterocycles. The van der Waals surface area contributed by atoms with E-state index in [1.807, 2.05) is 25.1 Å². The van der Waals surface area contributed by atoms with Gasteiger partial charge in [0.1, 0.15) is 23.6 Å². The van der Waals surface area contributed by atoms with Crippen molar-refractivity contribution in [1.82, 2.24) is 9.13 Å². The Hall–Kier alpha value is -3.36. The molecule has 0 spiro atoms. The van der Waals surface area contributed by atoms with Crippen LogP contribution in [0.2, 0.25) is 5.02 Å². The van der Waals surface area contributed by atoms with Crippen molar-refractivity contribution in [2.75, 3.05) is 18.1 Å². The van der Waals surface area contributed by atoms with Crippen molar-refractivity contribution in [2.24, 2.45) is 0 Å². The summed E-state index contributed by atoms with van der Waals surface area (Å²) in [5.41, 5.74) is 1.87. The summed E-state index contributed by atoms with van der Waals surface area (Å²) in [6.45, 7) is 2.54. The van der Waals surface area contributed by atoms with Crippen molar-refractivity contribution < 1.29 is 9.53 Å². The summed E-state index contributed by atoms with van der Waals surface area (Å²) in [6, 6.07) is 14.4. The number of anilines is 1. The Kier molecular flexibility index (Phi) is 5.55. The number of aryl methyl sites for hydroxylation is 1. The van der Waals surface area contributed by atoms with Gasteiger partial charge >= 0.3 is 5.69 Å². The van der Waals surface area contributed by atoms with Crippen molar-refractivity contribution >= 4 is 44.7 Å². The Labute approximate surface area is 198 Å². The SMILES string of the molecule is Cc1ccc2c(c1)N(C(=O)Cn1c(=O)n(Cc3ccccc3Cl)c(=O)c3sccc31)CCO2. The summed E-state index contributed by atoms with van der Waals surface area (Å²) in [7, 11) is 0. The lowest BCUT2D eigenvalue weighted by Crippen LogP contribution is -2.45. The van der Waals surface area contributed by atoms with Crippen molar-refractivity contribution in [3.05, 3.63) is 90.9 Å². The van der Waals surface area contributed by atoms with Crippen molar-refractivity contribution in [3.63, 3.8) is 0 Å². The maximum atomic E-state index is 13.4. The van der Waals surface area contributed by atoms with Gasteiger partial charge in [0.2, 0.25) is 5.91 Å². The molecule has 0 aliphatic carbocycles. The molecule has 2 aromatic heterocycles. The molecule has 1 aliphatic heterocycles. The third-order valence-electron chi connectivity index (χ3n) is 5.69. The molecular weight excluding hydrogens is 462 g/mol. The minimum atomic E-state index is -0.545. The first-order valence-corrected chi connectivity index (χ1v) is 11.7. The summed E-state index contributed by atoms with van der Waals surface area (Å²) in [4.78, 5) is 41.5. The van der Waals surface area contributed by atoms with E-state index in [4.69, 9.17) is 16.3 Å². The number of halogens is 1. The maximum Gasteiger partial charge on any atom is 0.332 e. The van der Waals surface area contributed by atoms with Gasteiger partial charge < -0.3 is 9.64 Å². The fourth-order valence-corrected chi connectivity index (χ4v) is 5.07. The second kappa shape index (κ2) is 8.53. The number of thiophene rings is 1. The molecule has 0 unspecified atom stereocenters. The molecule has 1 amide bonds. The molecule has 1 aliphatic rings. The number of amides is 1. The lowest BCUT2D eigenvalue weighted by Gasteiger charge is -2.30. The highest BCUT2D eigenvalue weighted by Gasteiger charge is 2.26. The zero-order valence-electron chi connectivity index (χ0n) is 17.8. The largest absolute Gasteiger partial charge is 0.490 e.